The zero-order valence-electron chi connectivity index (χ0n) is 16.4. The second-order valence-corrected chi connectivity index (χ2v) is 7.32. The van der Waals surface area contributed by atoms with E-state index in [2.05, 4.69) is 20.5 Å². The van der Waals surface area contributed by atoms with Gasteiger partial charge in [-0.2, -0.15) is 0 Å². The SMILES string of the molecule is Cc1ccc(NC(=O)CCc2cccnc2)cc1NC(=O)CN1CCCCC1. The molecule has 0 bridgehead atoms. The normalized spacial score (nSPS) is 14.5. The Labute approximate surface area is 166 Å². The summed E-state index contributed by atoms with van der Waals surface area (Å²) < 4.78 is 0. The number of amides is 2. The molecule has 6 nitrogen and oxygen atoms in total. The summed E-state index contributed by atoms with van der Waals surface area (Å²) in [5.41, 5.74) is 3.44. The van der Waals surface area contributed by atoms with Crippen molar-refractivity contribution in [3.63, 3.8) is 0 Å². The Balaban J connectivity index is 1.53. The van der Waals surface area contributed by atoms with Gasteiger partial charge in [-0.25, -0.2) is 0 Å². The minimum Gasteiger partial charge on any atom is -0.326 e. The maximum Gasteiger partial charge on any atom is 0.238 e. The number of pyridine rings is 1. The van der Waals surface area contributed by atoms with Gasteiger partial charge in [0.1, 0.15) is 0 Å². The predicted molar refractivity (Wildman–Crippen MR) is 111 cm³/mol. The molecule has 0 radical (unpaired) electrons. The van der Waals surface area contributed by atoms with Gasteiger partial charge in [0.05, 0.1) is 6.54 Å². The molecule has 0 atom stereocenters. The highest BCUT2D eigenvalue weighted by Crippen LogP contribution is 2.21. The summed E-state index contributed by atoms with van der Waals surface area (Å²) in [6, 6.07) is 9.42. The Morgan fingerprint density at radius 2 is 1.89 bits per heavy atom. The topological polar surface area (TPSA) is 74.3 Å². The van der Waals surface area contributed by atoms with Crippen LogP contribution < -0.4 is 10.6 Å². The molecule has 1 aliphatic rings. The molecule has 0 saturated carbocycles. The molecule has 3 rings (SSSR count). The Hall–Kier alpha value is -2.73. The number of nitrogens with zero attached hydrogens (tertiary/aromatic N) is 2. The van der Waals surface area contributed by atoms with Crippen LogP contribution in [0.25, 0.3) is 0 Å². The van der Waals surface area contributed by atoms with Gasteiger partial charge in [-0.05, 0) is 68.6 Å². The highest BCUT2D eigenvalue weighted by atomic mass is 16.2. The first-order valence-corrected chi connectivity index (χ1v) is 9.92. The van der Waals surface area contributed by atoms with Gasteiger partial charge in [-0.3, -0.25) is 19.5 Å². The molecule has 2 heterocycles. The first kappa shape index (κ1) is 20.0. The summed E-state index contributed by atoms with van der Waals surface area (Å²) in [6.07, 6.45) is 8.09. The highest BCUT2D eigenvalue weighted by molar-refractivity contribution is 5.95. The fraction of sp³-hybridized carbons (Fsp3) is 0.409. The molecule has 1 aromatic carbocycles. The van der Waals surface area contributed by atoms with E-state index in [0.29, 0.717) is 25.1 Å². The van der Waals surface area contributed by atoms with Crippen LogP contribution in [-0.2, 0) is 16.0 Å². The first-order chi connectivity index (χ1) is 13.6. The number of aromatic nitrogens is 1. The third-order valence-electron chi connectivity index (χ3n) is 4.97. The molecule has 0 unspecified atom stereocenters. The zero-order valence-corrected chi connectivity index (χ0v) is 16.4. The summed E-state index contributed by atoms with van der Waals surface area (Å²) in [5.74, 6) is -0.0663. The molecule has 1 aliphatic heterocycles. The maximum absolute atomic E-state index is 12.4. The van der Waals surface area contributed by atoms with Crippen LogP contribution in [0.2, 0.25) is 0 Å². The Morgan fingerprint density at radius 1 is 1.07 bits per heavy atom. The molecule has 148 valence electrons. The molecule has 28 heavy (non-hydrogen) atoms. The summed E-state index contributed by atoms with van der Waals surface area (Å²) in [5, 5.41) is 5.90. The Kier molecular flexibility index (Phi) is 7.14. The van der Waals surface area contributed by atoms with E-state index in [1.807, 2.05) is 37.3 Å². The van der Waals surface area contributed by atoms with Gasteiger partial charge in [-0.15, -0.1) is 0 Å². The van der Waals surface area contributed by atoms with E-state index in [9.17, 15) is 9.59 Å². The van der Waals surface area contributed by atoms with Crippen molar-refractivity contribution < 1.29 is 9.59 Å². The van der Waals surface area contributed by atoms with Crippen LogP contribution in [0.1, 0.15) is 36.8 Å². The molecule has 1 saturated heterocycles. The van der Waals surface area contributed by atoms with E-state index in [4.69, 9.17) is 0 Å². The molecule has 2 N–H and O–H groups in total. The number of carbonyl (C=O) groups is 2. The monoisotopic (exact) mass is 380 g/mol. The van der Waals surface area contributed by atoms with Crippen molar-refractivity contribution in [2.45, 2.75) is 39.0 Å². The lowest BCUT2D eigenvalue weighted by Crippen LogP contribution is -2.36. The summed E-state index contributed by atoms with van der Waals surface area (Å²) >= 11 is 0. The lowest BCUT2D eigenvalue weighted by atomic mass is 10.1. The van der Waals surface area contributed by atoms with Gasteiger partial charge in [0.15, 0.2) is 0 Å². The van der Waals surface area contributed by atoms with Crippen LogP contribution in [0.15, 0.2) is 42.7 Å². The average molecular weight is 380 g/mol. The van der Waals surface area contributed by atoms with E-state index >= 15 is 0 Å². The van der Waals surface area contributed by atoms with Gasteiger partial charge < -0.3 is 10.6 Å². The minimum absolute atomic E-state index is 0.00921. The highest BCUT2D eigenvalue weighted by Gasteiger charge is 2.15. The number of aryl methyl sites for hydroxylation is 2. The number of hydrogen-bond donors (Lipinski definition) is 2. The van der Waals surface area contributed by atoms with Gasteiger partial charge in [0, 0.05) is 30.2 Å². The summed E-state index contributed by atoms with van der Waals surface area (Å²) in [6.45, 7) is 4.34. The summed E-state index contributed by atoms with van der Waals surface area (Å²) in [4.78, 5) is 30.9. The number of anilines is 2. The largest absolute Gasteiger partial charge is 0.326 e. The standard InChI is InChI=1S/C22H28N4O2/c1-17-7-9-19(24-21(27)10-8-18-6-5-11-23-15-18)14-20(17)25-22(28)16-26-12-3-2-4-13-26/h5-7,9,11,14-15H,2-4,8,10,12-13,16H2,1H3,(H,24,27)(H,25,28). The van der Waals surface area contributed by atoms with E-state index in [1.165, 1.54) is 6.42 Å². The van der Waals surface area contributed by atoms with Crippen LogP contribution >= 0.6 is 0 Å². The quantitative estimate of drug-likeness (QED) is 0.772. The number of carbonyl (C=O) groups excluding carboxylic acids is 2. The number of benzene rings is 1. The molecule has 0 spiro atoms. The Morgan fingerprint density at radius 3 is 2.64 bits per heavy atom. The zero-order chi connectivity index (χ0) is 19.8. The second kappa shape index (κ2) is 9.99. The number of hydrogen-bond acceptors (Lipinski definition) is 4. The van der Waals surface area contributed by atoms with E-state index in [1.54, 1.807) is 12.4 Å². The van der Waals surface area contributed by atoms with Crippen molar-refractivity contribution in [1.29, 1.82) is 0 Å². The van der Waals surface area contributed by atoms with E-state index in [-0.39, 0.29) is 11.8 Å². The van der Waals surface area contributed by atoms with Gasteiger partial charge >= 0.3 is 0 Å². The molecule has 0 aliphatic carbocycles. The van der Waals surface area contributed by atoms with Crippen LogP contribution in [0.4, 0.5) is 11.4 Å². The van der Waals surface area contributed by atoms with E-state index < -0.39 is 0 Å². The van der Waals surface area contributed by atoms with Gasteiger partial charge in [0.25, 0.3) is 0 Å². The smallest absolute Gasteiger partial charge is 0.238 e. The molecule has 1 fully saturated rings. The van der Waals surface area contributed by atoms with Crippen molar-refractivity contribution in [2.75, 3.05) is 30.3 Å². The van der Waals surface area contributed by atoms with Crippen LogP contribution in [0.3, 0.4) is 0 Å². The molecular weight excluding hydrogens is 352 g/mol. The Bertz CT molecular complexity index is 801. The third kappa shape index (κ3) is 6.16. The lowest BCUT2D eigenvalue weighted by molar-refractivity contribution is -0.117. The number of nitrogens with one attached hydrogen (secondary N) is 2. The van der Waals surface area contributed by atoms with Crippen LogP contribution in [-0.4, -0.2) is 41.3 Å². The maximum atomic E-state index is 12.4. The number of piperidine rings is 1. The molecule has 1 aromatic heterocycles. The van der Waals surface area contributed by atoms with Crippen molar-refractivity contribution in [3.8, 4) is 0 Å². The third-order valence-corrected chi connectivity index (χ3v) is 4.97. The minimum atomic E-state index is -0.0571. The fourth-order valence-corrected chi connectivity index (χ4v) is 3.37. The molecular formula is C22H28N4O2. The van der Waals surface area contributed by atoms with Crippen LogP contribution in [0, 0.1) is 6.92 Å². The van der Waals surface area contributed by atoms with Gasteiger partial charge in [0.2, 0.25) is 11.8 Å². The molecule has 2 aromatic rings. The van der Waals surface area contributed by atoms with Gasteiger partial charge in [-0.1, -0.05) is 18.6 Å². The van der Waals surface area contributed by atoms with Crippen molar-refractivity contribution >= 4 is 23.2 Å². The van der Waals surface area contributed by atoms with Crippen molar-refractivity contribution in [3.05, 3.63) is 53.9 Å². The van der Waals surface area contributed by atoms with Crippen LogP contribution in [0.5, 0.6) is 0 Å². The van der Waals surface area contributed by atoms with E-state index in [0.717, 1.165) is 42.7 Å². The first-order valence-electron chi connectivity index (χ1n) is 9.92. The number of likely N-dealkylation sites (tertiary alicyclic amines) is 1. The predicted octanol–water partition coefficient (Wildman–Crippen LogP) is 3.39. The fourth-order valence-electron chi connectivity index (χ4n) is 3.37. The molecule has 6 heteroatoms. The average Bonchev–Trinajstić information content (AvgIpc) is 2.70. The van der Waals surface area contributed by atoms with Crippen molar-refractivity contribution in [2.24, 2.45) is 0 Å². The van der Waals surface area contributed by atoms with Crippen molar-refractivity contribution in [1.82, 2.24) is 9.88 Å². The molecule has 2 amide bonds. The second-order valence-electron chi connectivity index (χ2n) is 7.32. The lowest BCUT2D eigenvalue weighted by Gasteiger charge is -2.25. The number of rotatable bonds is 7. The summed E-state index contributed by atoms with van der Waals surface area (Å²) in [7, 11) is 0.